The van der Waals surface area contributed by atoms with Gasteiger partial charge in [-0.25, -0.2) is 0 Å². The Labute approximate surface area is 182 Å². The Hall–Kier alpha value is -3.84. The topological polar surface area (TPSA) is 87.7 Å². The van der Waals surface area contributed by atoms with Gasteiger partial charge in [0.05, 0.1) is 34.5 Å². The first-order valence-electron chi connectivity index (χ1n) is 9.81. The number of fused-ring (bicyclic) bond motifs is 1. The van der Waals surface area contributed by atoms with Gasteiger partial charge in [-0.3, -0.25) is 0 Å². The third-order valence-corrected chi connectivity index (χ3v) is 5.46. The number of hydrogen-bond acceptors (Lipinski definition) is 7. The molecule has 160 valence electrons. The van der Waals surface area contributed by atoms with E-state index in [1.807, 2.05) is 47.4 Å². The molecule has 0 bridgehead atoms. The monoisotopic (exact) mass is 419 g/mol. The predicted molar refractivity (Wildman–Crippen MR) is 115 cm³/mol. The molecule has 0 aliphatic carbocycles. The van der Waals surface area contributed by atoms with Gasteiger partial charge in [0.1, 0.15) is 17.7 Å². The largest absolute Gasteiger partial charge is 0.493 e. The molecule has 1 unspecified atom stereocenters. The van der Waals surface area contributed by atoms with E-state index in [4.69, 9.17) is 18.9 Å². The van der Waals surface area contributed by atoms with E-state index >= 15 is 0 Å². The molecule has 0 amide bonds. The Balaban J connectivity index is 2.09. The van der Waals surface area contributed by atoms with E-state index in [1.165, 1.54) is 0 Å². The molecule has 7 nitrogen and oxygen atoms in total. The zero-order valence-electron chi connectivity index (χ0n) is 18.1. The van der Waals surface area contributed by atoms with Gasteiger partial charge in [0.2, 0.25) is 0 Å². The SMILES string of the molecule is COc1ccc(CC2c3cc(OC)c(OC)cc3CCN2C=C(C#N)C#N)cc1OC. The standard InChI is InChI=1S/C24H25N3O4/c1-28-21-6-5-16(10-22(21)29-2)9-20-19-12-24(31-4)23(30-3)11-18(19)7-8-27(20)15-17(13-25)14-26/h5-6,10-12,15,20H,7-9H2,1-4H3. The summed E-state index contributed by atoms with van der Waals surface area (Å²) in [6.07, 6.45) is 3.05. The van der Waals surface area contributed by atoms with Crippen molar-refractivity contribution in [2.45, 2.75) is 18.9 Å². The number of rotatable bonds is 7. The molecular weight excluding hydrogens is 394 g/mol. The van der Waals surface area contributed by atoms with Crippen molar-refractivity contribution in [3.8, 4) is 35.1 Å². The summed E-state index contributed by atoms with van der Waals surface area (Å²) in [6, 6.07) is 13.6. The van der Waals surface area contributed by atoms with Crippen LogP contribution in [0.15, 0.2) is 42.1 Å². The molecule has 31 heavy (non-hydrogen) atoms. The second-order valence-corrected chi connectivity index (χ2v) is 7.07. The van der Waals surface area contributed by atoms with E-state index in [1.54, 1.807) is 34.6 Å². The summed E-state index contributed by atoms with van der Waals surface area (Å²) in [5.41, 5.74) is 3.34. The molecule has 7 heteroatoms. The molecule has 2 aromatic rings. The highest BCUT2D eigenvalue weighted by atomic mass is 16.5. The molecular formula is C24H25N3O4. The van der Waals surface area contributed by atoms with Crippen LogP contribution < -0.4 is 18.9 Å². The zero-order chi connectivity index (χ0) is 22.4. The first-order valence-corrected chi connectivity index (χ1v) is 9.81. The normalized spacial score (nSPS) is 14.5. The van der Waals surface area contributed by atoms with Gasteiger partial charge >= 0.3 is 0 Å². The van der Waals surface area contributed by atoms with Gasteiger partial charge in [-0.15, -0.1) is 0 Å². The van der Waals surface area contributed by atoms with E-state index in [0.717, 1.165) is 23.1 Å². The van der Waals surface area contributed by atoms with Crippen LogP contribution in [0, 0.1) is 22.7 Å². The summed E-state index contributed by atoms with van der Waals surface area (Å²) in [7, 11) is 6.44. The lowest BCUT2D eigenvalue weighted by Gasteiger charge is -2.37. The molecule has 0 radical (unpaired) electrons. The third-order valence-electron chi connectivity index (χ3n) is 5.46. The molecule has 1 aliphatic rings. The molecule has 3 rings (SSSR count). The number of benzene rings is 2. The maximum atomic E-state index is 9.27. The molecule has 0 N–H and O–H groups in total. The van der Waals surface area contributed by atoms with Crippen molar-refractivity contribution in [2.75, 3.05) is 35.0 Å². The summed E-state index contributed by atoms with van der Waals surface area (Å²) in [5.74, 6) is 2.64. The molecule has 1 heterocycles. The van der Waals surface area contributed by atoms with Gasteiger partial charge in [0.15, 0.2) is 23.0 Å². The van der Waals surface area contributed by atoms with Crippen LogP contribution >= 0.6 is 0 Å². The fraction of sp³-hybridized carbons (Fsp3) is 0.333. The summed E-state index contributed by atoms with van der Waals surface area (Å²) < 4.78 is 21.8. The highest BCUT2D eigenvalue weighted by Gasteiger charge is 2.28. The Bertz CT molecular complexity index is 1050. The number of methoxy groups -OCH3 is 4. The lowest BCUT2D eigenvalue weighted by molar-refractivity contribution is 0.259. The summed E-state index contributed by atoms with van der Waals surface area (Å²) in [6.45, 7) is 0.674. The van der Waals surface area contributed by atoms with Gasteiger partial charge < -0.3 is 23.8 Å². The third kappa shape index (κ3) is 4.51. The smallest absolute Gasteiger partial charge is 0.161 e. The minimum Gasteiger partial charge on any atom is -0.493 e. The second kappa shape index (κ2) is 9.77. The van der Waals surface area contributed by atoms with Crippen molar-refractivity contribution in [3.63, 3.8) is 0 Å². The zero-order valence-corrected chi connectivity index (χ0v) is 18.1. The minimum atomic E-state index is -0.0987. The number of allylic oxidation sites excluding steroid dienone is 1. The summed E-state index contributed by atoms with van der Waals surface area (Å²) >= 11 is 0. The molecule has 1 atom stereocenters. The quantitative estimate of drug-likeness (QED) is 0.631. The van der Waals surface area contributed by atoms with E-state index in [-0.39, 0.29) is 11.6 Å². The average molecular weight is 419 g/mol. The molecule has 0 saturated carbocycles. The Morgan fingerprint density at radius 3 is 2.16 bits per heavy atom. The molecule has 0 spiro atoms. The molecule has 0 aromatic heterocycles. The number of hydrogen-bond donors (Lipinski definition) is 0. The van der Waals surface area contributed by atoms with Crippen molar-refractivity contribution >= 4 is 0 Å². The Kier molecular flexibility index (Phi) is 6.89. The van der Waals surface area contributed by atoms with Crippen molar-refractivity contribution in [2.24, 2.45) is 0 Å². The van der Waals surface area contributed by atoms with E-state index in [9.17, 15) is 10.5 Å². The van der Waals surface area contributed by atoms with Crippen LogP contribution in [-0.2, 0) is 12.8 Å². The van der Waals surface area contributed by atoms with Gasteiger partial charge in [-0.1, -0.05) is 6.07 Å². The van der Waals surface area contributed by atoms with Crippen LogP contribution in [0.4, 0.5) is 0 Å². The lowest BCUT2D eigenvalue weighted by atomic mass is 9.88. The first-order chi connectivity index (χ1) is 15.1. The minimum absolute atomic E-state index is 0.0706. The number of nitrogens with zero attached hydrogens (tertiary/aromatic N) is 3. The highest BCUT2D eigenvalue weighted by Crippen LogP contribution is 2.40. The van der Waals surface area contributed by atoms with Gasteiger partial charge in [0, 0.05) is 12.7 Å². The van der Waals surface area contributed by atoms with Gasteiger partial charge in [-0.2, -0.15) is 10.5 Å². The molecule has 2 aromatic carbocycles. The van der Waals surface area contributed by atoms with Crippen LogP contribution in [0.2, 0.25) is 0 Å². The van der Waals surface area contributed by atoms with Crippen molar-refractivity contribution in [1.29, 1.82) is 10.5 Å². The molecule has 0 saturated heterocycles. The maximum Gasteiger partial charge on any atom is 0.161 e. The van der Waals surface area contributed by atoms with Crippen molar-refractivity contribution in [1.82, 2.24) is 4.90 Å². The maximum absolute atomic E-state index is 9.27. The Morgan fingerprint density at radius 1 is 0.935 bits per heavy atom. The Morgan fingerprint density at radius 2 is 1.55 bits per heavy atom. The molecule has 1 aliphatic heterocycles. The summed E-state index contributed by atoms with van der Waals surface area (Å²) in [5, 5.41) is 18.5. The van der Waals surface area contributed by atoms with Crippen LogP contribution in [0.5, 0.6) is 23.0 Å². The second-order valence-electron chi connectivity index (χ2n) is 7.07. The average Bonchev–Trinajstić information content (AvgIpc) is 2.82. The predicted octanol–water partition coefficient (Wildman–Crippen LogP) is 3.79. The van der Waals surface area contributed by atoms with Crippen molar-refractivity contribution in [3.05, 3.63) is 58.8 Å². The van der Waals surface area contributed by atoms with E-state index in [0.29, 0.717) is 36.0 Å². The highest BCUT2D eigenvalue weighted by molar-refractivity contribution is 5.51. The van der Waals surface area contributed by atoms with E-state index in [2.05, 4.69) is 0 Å². The van der Waals surface area contributed by atoms with Crippen molar-refractivity contribution < 1.29 is 18.9 Å². The van der Waals surface area contributed by atoms with E-state index < -0.39 is 0 Å². The summed E-state index contributed by atoms with van der Waals surface area (Å²) in [4.78, 5) is 2.05. The van der Waals surface area contributed by atoms with Gasteiger partial charge in [0.25, 0.3) is 0 Å². The number of nitriles is 2. The fourth-order valence-corrected chi connectivity index (χ4v) is 3.91. The number of ether oxygens (including phenoxy) is 4. The van der Waals surface area contributed by atoms with Crippen LogP contribution in [-0.4, -0.2) is 39.9 Å². The first kappa shape index (κ1) is 21.9. The molecule has 0 fully saturated rings. The fourth-order valence-electron chi connectivity index (χ4n) is 3.91. The van der Waals surface area contributed by atoms with Crippen LogP contribution in [0.25, 0.3) is 0 Å². The van der Waals surface area contributed by atoms with Crippen LogP contribution in [0.3, 0.4) is 0 Å². The van der Waals surface area contributed by atoms with Crippen LogP contribution in [0.1, 0.15) is 22.7 Å². The van der Waals surface area contributed by atoms with Gasteiger partial charge in [-0.05, 0) is 53.8 Å². The lowest BCUT2D eigenvalue weighted by Crippen LogP contribution is -2.33.